The number of rotatable bonds is 3. The Balaban J connectivity index is 2.04. The summed E-state index contributed by atoms with van der Waals surface area (Å²) in [7, 11) is 1.86. The van der Waals surface area contributed by atoms with E-state index in [1.807, 2.05) is 43.4 Å². The number of nitrogens with zero attached hydrogens (tertiary/aromatic N) is 1. The molecule has 0 aliphatic rings. The van der Waals surface area contributed by atoms with Crippen molar-refractivity contribution >= 4 is 34.2 Å². The molecule has 1 N–H and O–H groups in total. The lowest BCUT2D eigenvalue weighted by atomic mass is 10.1. The minimum absolute atomic E-state index is 0.126. The topological polar surface area (TPSA) is 38.1 Å². The van der Waals surface area contributed by atoms with Crippen molar-refractivity contribution in [2.45, 2.75) is 6.04 Å². The second kappa shape index (κ2) is 5.44. The maximum absolute atomic E-state index is 5.99. The van der Waals surface area contributed by atoms with Gasteiger partial charge in [-0.3, -0.25) is 4.98 Å². The summed E-state index contributed by atoms with van der Waals surface area (Å²) in [6.07, 6.45) is 1.63. The molecule has 1 unspecified atom stereocenters. The zero-order valence-electron chi connectivity index (χ0n) is 10.7. The average Bonchev–Trinajstić information content (AvgIpc) is 2.84. The van der Waals surface area contributed by atoms with Crippen molar-refractivity contribution in [3.8, 4) is 0 Å². The van der Waals surface area contributed by atoms with Gasteiger partial charge >= 0.3 is 0 Å². The third-order valence-corrected chi connectivity index (χ3v) is 3.58. The van der Waals surface area contributed by atoms with Gasteiger partial charge in [0.05, 0.1) is 10.7 Å². The maximum Gasteiger partial charge on any atom is 0.134 e. The molecule has 0 bridgehead atoms. The van der Waals surface area contributed by atoms with Gasteiger partial charge in [0, 0.05) is 16.6 Å². The Bertz CT molecular complexity index is 737. The molecule has 0 spiro atoms. The SMILES string of the molecule is CNC(c1ccc(Cl)cn1)c1cc2cc(Cl)ccc2o1. The van der Waals surface area contributed by atoms with Crippen molar-refractivity contribution in [3.63, 3.8) is 0 Å². The van der Waals surface area contributed by atoms with Gasteiger partial charge in [-0.15, -0.1) is 0 Å². The number of aromatic nitrogens is 1. The summed E-state index contributed by atoms with van der Waals surface area (Å²) in [6.45, 7) is 0. The van der Waals surface area contributed by atoms with Crippen molar-refractivity contribution in [3.05, 3.63) is 64.1 Å². The van der Waals surface area contributed by atoms with Crippen molar-refractivity contribution in [1.82, 2.24) is 10.3 Å². The van der Waals surface area contributed by atoms with Crippen LogP contribution < -0.4 is 5.32 Å². The Morgan fingerprint density at radius 2 is 1.90 bits per heavy atom. The van der Waals surface area contributed by atoms with E-state index in [2.05, 4.69) is 10.3 Å². The standard InChI is InChI=1S/C15H12Cl2N2O/c1-18-15(12-4-2-11(17)8-19-12)14-7-9-6-10(16)3-5-13(9)20-14/h2-8,15,18H,1H3. The molecule has 2 heterocycles. The molecular weight excluding hydrogens is 295 g/mol. The van der Waals surface area contributed by atoms with E-state index in [4.69, 9.17) is 27.6 Å². The van der Waals surface area contributed by atoms with E-state index in [1.165, 1.54) is 0 Å². The van der Waals surface area contributed by atoms with Crippen LogP contribution >= 0.6 is 23.2 Å². The van der Waals surface area contributed by atoms with Gasteiger partial charge in [0.1, 0.15) is 17.4 Å². The van der Waals surface area contributed by atoms with Crippen LogP contribution in [0.5, 0.6) is 0 Å². The van der Waals surface area contributed by atoms with Gasteiger partial charge in [0.25, 0.3) is 0 Å². The third kappa shape index (κ3) is 2.52. The average molecular weight is 307 g/mol. The number of hydrogen-bond acceptors (Lipinski definition) is 3. The summed E-state index contributed by atoms with van der Waals surface area (Å²) < 4.78 is 5.87. The third-order valence-electron chi connectivity index (χ3n) is 3.12. The van der Waals surface area contributed by atoms with E-state index in [-0.39, 0.29) is 6.04 Å². The second-order valence-corrected chi connectivity index (χ2v) is 5.33. The zero-order valence-corrected chi connectivity index (χ0v) is 12.2. The van der Waals surface area contributed by atoms with E-state index < -0.39 is 0 Å². The molecule has 102 valence electrons. The summed E-state index contributed by atoms with van der Waals surface area (Å²) in [5.74, 6) is 0.791. The van der Waals surface area contributed by atoms with Crippen molar-refractivity contribution < 1.29 is 4.42 Å². The highest BCUT2D eigenvalue weighted by molar-refractivity contribution is 6.31. The Hall–Kier alpha value is -1.55. The van der Waals surface area contributed by atoms with Gasteiger partial charge in [-0.2, -0.15) is 0 Å². The number of pyridine rings is 1. The van der Waals surface area contributed by atoms with Gasteiger partial charge in [-0.25, -0.2) is 0 Å². The Kier molecular flexibility index (Phi) is 3.66. The molecule has 3 aromatic rings. The second-order valence-electron chi connectivity index (χ2n) is 4.45. The fourth-order valence-corrected chi connectivity index (χ4v) is 2.46. The fraction of sp³-hybridized carbons (Fsp3) is 0.133. The van der Waals surface area contributed by atoms with E-state index in [0.717, 1.165) is 22.4 Å². The number of benzene rings is 1. The molecule has 3 nitrogen and oxygen atoms in total. The molecular formula is C15H12Cl2N2O. The lowest BCUT2D eigenvalue weighted by molar-refractivity contribution is 0.486. The number of fused-ring (bicyclic) bond motifs is 1. The van der Waals surface area contributed by atoms with Crippen LogP contribution in [0.1, 0.15) is 17.5 Å². The molecule has 1 atom stereocenters. The molecule has 0 radical (unpaired) electrons. The first-order valence-corrected chi connectivity index (χ1v) is 6.90. The smallest absolute Gasteiger partial charge is 0.134 e. The van der Waals surface area contributed by atoms with Crippen LogP contribution in [0.2, 0.25) is 10.0 Å². The molecule has 5 heteroatoms. The monoisotopic (exact) mass is 306 g/mol. The minimum Gasteiger partial charge on any atom is -0.459 e. The molecule has 0 aliphatic carbocycles. The summed E-state index contributed by atoms with van der Waals surface area (Å²) in [5, 5.41) is 5.47. The largest absolute Gasteiger partial charge is 0.459 e. The molecule has 3 rings (SSSR count). The predicted octanol–water partition coefficient (Wildman–Crippen LogP) is 4.44. The molecule has 0 aliphatic heterocycles. The number of furan rings is 1. The van der Waals surface area contributed by atoms with E-state index in [9.17, 15) is 0 Å². The van der Waals surface area contributed by atoms with Crippen LogP contribution in [0.3, 0.4) is 0 Å². The van der Waals surface area contributed by atoms with E-state index in [0.29, 0.717) is 10.0 Å². The van der Waals surface area contributed by atoms with Crippen molar-refractivity contribution in [2.24, 2.45) is 0 Å². The minimum atomic E-state index is -0.126. The quantitative estimate of drug-likeness (QED) is 0.777. The van der Waals surface area contributed by atoms with Gasteiger partial charge in [-0.05, 0) is 43.4 Å². The molecule has 0 saturated heterocycles. The van der Waals surface area contributed by atoms with Gasteiger partial charge < -0.3 is 9.73 Å². The van der Waals surface area contributed by atoms with Crippen LogP contribution in [0, 0.1) is 0 Å². The molecule has 0 amide bonds. The zero-order chi connectivity index (χ0) is 14.1. The van der Waals surface area contributed by atoms with E-state index in [1.54, 1.807) is 6.20 Å². The Morgan fingerprint density at radius 3 is 2.60 bits per heavy atom. The van der Waals surface area contributed by atoms with E-state index >= 15 is 0 Å². The van der Waals surface area contributed by atoms with Gasteiger partial charge in [0.2, 0.25) is 0 Å². The lowest BCUT2D eigenvalue weighted by Gasteiger charge is -2.12. The maximum atomic E-state index is 5.99. The molecule has 0 fully saturated rings. The summed E-state index contributed by atoms with van der Waals surface area (Å²) in [5.41, 5.74) is 1.65. The first kappa shape index (κ1) is 13.4. The first-order chi connectivity index (χ1) is 9.67. The van der Waals surface area contributed by atoms with Crippen LogP contribution in [-0.4, -0.2) is 12.0 Å². The molecule has 1 aromatic carbocycles. The highest BCUT2D eigenvalue weighted by atomic mass is 35.5. The first-order valence-electron chi connectivity index (χ1n) is 6.15. The van der Waals surface area contributed by atoms with Gasteiger partial charge in [-0.1, -0.05) is 23.2 Å². The predicted molar refractivity (Wildman–Crippen MR) is 81.4 cm³/mol. The summed E-state index contributed by atoms with van der Waals surface area (Å²) in [4.78, 5) is 4.33. The highest BCUT2D eigenvalue weighted by Gasteiger charge is 2.18. The Morgan fingerprint density at radius 1 is 1.10 bits per heavy atom. The van der Waals surface area contributed by atoms with Crippen molar-refractivity contribution in [2.75, 3.05) is 7.05 Å². The van der Waals surface area contributed by atoms with Crippen LogP contribution in [0.25, 0.3) is 11.0 Å². The van der Waals surface area contributed by atoms with Crippen LogP contribution in [0.15, 0.2) is 47.0 Å². The lowest BCUT2D eigenvalue weighted by Crippen LogP contribution is -2.18. The molecule has 20 heavy (non-hydrogen) atoms. The molecule has 0 saturated carbocycles. The Labute approximate surface area is 126 Å². The van der Waals surface area contributed by atoms with Crippen LogP contribution in [-0.2, 0) is 0 Å². The summed E-state index contributed by atoms with van der Waals surface area (Å²) in [6, 6.07) is 11.1. The van der Waals surface area contributed by atoms with Crippen LogP contribution in [0.4, 0.5) is 0 Å². The van der Waals surface area contributed by atoms with Crippen molar-refractivity contribution in [1.29, 1.82) is 0 Å². The fourth-order valence-electron chi connectivity index (χ4n) is 2.17. The normalized spacial score (nSPS) is 12.8. The number of hydrogen-bond donors (Lipinski definition) is 1. The number of nitrogens with one attached hydrogen (secondary N) is 1. The molecule has 2 aromatic heterocycles. The van der Waals surface area contributed by atoms with Gasteiger partial charge in [0.15, 0.2) is 0 Å². The number of halogens is 2. The summed E-state index contributed by atoms with van der Waals surface area (Å²) >= 11 is 11.9. The highest BCUT2D eigenvalue weighted by Crippen LogP contribution is 2.29.